The van der Waals surface area contributed by atoms with Gasteiger partial charge in [0.05, 0.1) is 19.8 Å². The van der Waals surface area contributed by atoms with Crippen molar-refractivity contribution in [2.45, 2.75) is 6.04 Å². The summed E-state index contributed by atoms with van der Waals surface area (Å²) >= 11 is 0. The molecular formula is C17H17N7O7. The summed E-state index contributed by atoms with van der Waals surface area (Å²) in [5.41, 5.74) is 11.1. The highest BCUT2D eigenvalue weighted by atomic mass is 16.5. The Balaban J connectivity index is 0.000000221. The number of aromatic nitrogens is 5. The van der Waals surface area contributed by atoms with E-state index in [2.05, 4.69) is 30.0 Å². The molecular weight excluding hydrogens is 414 g/mol. The molecule has 1 atom stereocenters. The van der Waals surface area contributed by atoms with Gasteiger partial charge in [-0.3, -0.25) is 4.79 Å². The molecule has 162 valence electrons. The molecule has 14 nitrogen and oxygen atoms in total. The maximum atomic E-state index is 11.3. The average Bonchev–Trinajstić information content (AvgIpc) is 3.26. The van der Waals surface area contributed by atoms with Gasteiger partial charge in [0.25, 0.3) is 5.78 Å². The molecule has 14 heteroatoms. The minimum Gasteiger partial charge on any atom is -0.477 e. The van der Waals surface area contributed by atoms with E-state index in [0.717, 1.165) is 10.6 Å². The third-order valence-corrected chi connectivity index (χ3v) is 3.79. The molecule has 2 heterocycles. The van der Waals surface area contributed by atoms with Crippen LogP contribution in [-0.2, 0) is 14.3 Å². The Bertz CT molecular complexity index is 1130. The first-order valence-corrected chi connectivity index (χ1v) is 8.33. The number of nitrogens with two attached hydrogens (primary N) is 2. The summed E-state index contributed by atoms with van der Waals surface area (Å²) in [6, 6.07) is 6.39. The van der Waals surface area contributed by atoms with E-state index in [4.69, 9.17) is 16.6 Å². The number of carbonyl (C=O) groups excluding carboxylic acids is 3. The van der Waals surface area contributed by atoms with Crippen LogP contribution < -0.4 is 11.5 Å². The second kappa shape index (κ2) is 9.84. The van der Waals surface area contributed by atoms with Gasteiger partial charge in [0, 0.05) is 6.07 Å². The number of carboxylic acids is 1. The van der Waals surface area contributed by atoms with Crippen molar-refractivity contribution in [1.29, 1.82) is 0 Å². The van der Waals surface area contributed by atoms with Crippen molar-refractivity contribution < 1.29 is 33.8 Å². The summed E-state index contributed by atoms with van der Waals surface area (Å²) in [4.78, 5) is 47.6. The van der Waals surface area contributed by atoms with Crippen LogP contribution >= 0.6 is 0 Å². The second-order valence-corrected chi connectivity index (χ2v) is 5.71. The van der Waals surface area contributed by atoms with E-state index in [-0.39, 0.29) is 17.2 Å². The normalized spacial score (nSPS) is 11.1. The molecule has 0 aliphatic rings. The first-order valence-electron chi connectivity index (χ1n) is 8.33. The van der Waals surface area contributed by atoms with Crippen LogP contribution in [0.3, 0.4) is 0 Å². The van der Waals surface area contributed by atoms with E-state index in [1.165, 1.54) is 26.4 Å². The van der Waals surface area contributed by atoms with E-state index in [1.807, 2.05) is 0 Å². The van der Waals surface area contributed by atoms with Gasteiger partial charge in [0.15, 0.2) is 11.4 Å². The van der Waals surface area contributed by atoms with Gasteiger partial charge in [-0.2, -0.15) is 4.52 Å². The van der Waals surface area contributed by atoms with E-state index in [9.17, 15) is 19.2 Å². The Labute approximate surface area is 173 Å². The Morgan fingerprint density at radius 1 is 1.06 bits per heavy atom. The van der Waals surface area contributed by atoms with Crippen molar-refractivity contribution in [2.24, 2.45) is 11.5 Å². The van der Waals surface area contributed by atoms with Crippen LogP contribution in [0.15, 0.2) is 30.3 Å². The highest BCUT2D eigenvalue weighted by molar-refractivity contribution is 5.92. The SMILES string of the molecule is COC(=O)c1cc(C(=O)O)nc2nnnn12.COC(=O)c1ccc([C@@H](N)C(N)=O)cc1. The summed E-state index contributed by atoms with van der Waals surface area (Å²) in [5, 5.41) is 19.0. The summed E-state index contributed by atoms with van der Waals surface area (Å²) in [6.07, 6.45) is 0. The summed E-state index contributed by atoms with van der Waals surface area (Å²) < 4.78 is 9.99. The molecule has 0 unspecified atom stereocenters. The van der Waals surface area contributed by atoms with Gasteiger partial charge < -0.3 is 26.0 Å². The van der Waals surface area contributed by atoms with Crippen molar-refractivity contribution in [1.82, 2.24) is 25.0 Å². The number of fused-ring (bicyclic) bond motifs is 1. The minimum atomic E-state index is -1.28. The number of esters is 2. The smallest absolute Gasteiger partial charge is 0.357 e. The van der Waals surface area contributed by atoms with Crippen LogP contribution in [0.5, 0.6) is 0 Å². The number of hydrogen-bond acceptors (Lipinski definition) is 11. The maximum absolute atomic E-state index is 11.3. The summed E-state index contributed by atoms with van der Waals surface area (Å²) in [5.74, 6) is -3.16. The molecule has 1 amide bonds. The van der Waals surface area contributed by atoms with Gasteiger partial charge in [-0.05, 0) is 28.1 Å². The lowest BCUT2D eigenvalue weighted by Crippen LogP contribution is -2.28. The lowest BCUT2D eigenvalue weighted by molar-refractivity contribution is -0.119. The predicted molar refractivity (Wildman–Crippen MR) is 101 cm³/mol. The van der Waals surface area contributed by atoms with Crippen molar-refractivity contribution in [3.8, 4) is 0 Å². The fourth-order valence-electron chi connectivity index (χ4n) is 2.21. The van der Waals surface area contributed by atoms with Crippen LogP contribution in [0.2, 0.25) is 0 Å². The third kappa shape index (κ3) is 5.33. The number of ether oxygens (including phenoxy) is 2. The minimum absolute atomic E-state index is 0.0831. The summed E-state index contributed by atoms with van der Waals surface area (Å²) in [7, 11) is 2.46. The van der Waals surface area contributed by atoms with Crippen molar-refractivity contribution in [3.05, 3.63) is 52.8 Å². The number of rotatable bonds is 5. The molecule has 0 aliphatic carbocycles. The topological polar surface area (TPSA) is 215 Å². The van der Waals surface area contributed by atoms with Gasteiger partial charge in [-0.1, -0.05) is 17.2 Å². The molecule has 0 saturated carbocycles. The number of tetrazole rings is 1. The molecule has 1 aromatic carbocycles. The monoisotopic (exact) mass is 431 g/mol. The Kier molecular flexibility index (Phi) is 7.24. The zero-order chi connectivity index (χ0) is 23.1. The molecule has 3 rings (SSSR count). The van der Waals surface area contributed by atoms with E-state index in [1.54, 1.807) is 12.1 Å². The highest BCUT2D eigenvalue weighted by Gasteiger charge is 2.18. The number of hydrogen-bond donors (Lipinski definition) is 3. The predicted octanol–water partition coefficient (Wildman–Crippen LogP) is -1.04. The molecule has 3 aromatic rings. The van der Waals surface area contributed by atoms with Gasteiger partial charge in [0.2, 0.25) is 5.91 Å². The van der Waals surface area contributed by atoms with Crippen LogP contribution in [-0.4, -0.2) is 68.2 Å². The quantitative estimate of drug-likeness (QED) is 0.413. The van der Waals surface area contributed by atoms with Crippen molar-refractivity contribution >= 4 is 29.6 Å². The van der Waals surface area contributed by atoms with E-state index >= 15 is 0 Å². The Morgan fingerprint density at radius 2 is 1.68 bits per heavy atom. The number of carbonyl (C=O) groups is 4. The molecule has 0 spiro atoms. The van der Waals surface area contributed by atoms with Gasteiger partial charge in [0.1, 0.15) is 6.04 Å². The van der Waals surface area contributed by atoms with E-state index < -0.39 is 29.9 Å². The number of methoxy groups -OCH3 is 2. The standard InChI is InChI=1S/C10H12N2O3.C7H5N5O4/c1-15-10(14)7-4-2-6(3-5-7)8(11)9(12)13;1-16-6(15)4-2-3(5(13)14)8-7-9-10-11-12(4)7/h2-5,8H,11H2,1H3,(H2,12,13);2H,1H3,(H,13,14)/t8-;/m1./s1. The Hall–Kier alpha value is -4.46. The molecule has 0 bridgehead atoms. The molecule has 2 aromatic heterocycles. The molecule has 5 N–H and O–H groups in total. The Morgan fingerprint density at radius 3 is 2.19 bits per heavy atom. The lowest BCUT2D eigenvalue weighted by Gasteiger charge is -2.07. The van der Waals surface area contributed by atoms with Crippen molar-refractivity contribution in [2.75, 3.05) is 14.2 Å². The lowest BCUT2D eigenvalue weighted by atomic mass is 10.1. The summed E-state index contributed by atoms with van der Waals surface area (Å²) in [6.45, 7) is 0. The van der Waals surface area contributed by atoms with Crippen molar-refractivity contribution in [3.63, 3.8) is 0 Å². The molecule has 0 fully saturated rings. The molecule has 0 aliphatic heterocycles. The maximum Gasteiger partial charge on any atom is 0.357 e. The van der Waals surface area contributed by atoms with Gasteiger partial charge in [-0.25, -0.2) is 19.4 Å². The van der Waals surface area contributed by atoms with Gasteiger partial charge in [-0.15, -0.1) is 0 Å². The number of primary amides is 1. The van der Waals surface area contributed by atoms with Gasteiger partial charge >= 0.3 is 17.9 Å². The number of amides is 1. The number of benzene rings is 1. The fraction of sp³-hybridized carbons (Fsp3) is 0.176. The number of nitrogens with zero attached hydrogens (tertiary/aromatic N) is 5. The second-order valence-electron chi connectivity index (χ2n) is 5.71. The van der Waals surface area contributed by atoms with Crippen LogP contribution in [0.4, 0.5) is 0 Å². The van der Waals surface area contributed by atoms with Crippen LogP contribution in [0.25, 0.3) is 5.78 Å². The molecule has 0 radical (unpaired) electrons. The van der Waals surface area contributed by atoms with E-state index in [0.29, 0.717) is 11.1 Å². The highest BCUT2D eigenvalue weighted by Crippen LogP contribution is 2.11. The van der Waals surface area contributed by atoms with Crippen LogP contribution in [0.1, 0.15) is 42.9 Å². The largest absolute Gasteiger partial charge is 0.477 e. The zero-order valence-electron chi connectivity index (χ0n) is 16.3. The third-order valence-electron chi connectivity index (χ3n) is 3.79. The first-order chi connectivity index (χ1) is 14.7. The fourth-order valence-corrected chi connectivity index (χ4v) is 2.21. The molecule has 31 heavy (non-hydrogen) atoms. The number of carboxylic acid groups (broad SMARTS) is 1. The number of aromatic carboxylic acids is 1. The zero-order valence-corrected chi connectivity index (χ0v) is 16.3. The van der Waals surface area contributed by atoms with Crippen LogP contribution in [0, 0.1) is 0 Å². The molecule has 0 saturated heterocycles. The average molecular weight is 431 g/mol. The first kappa shape index (κ1) is 22.8.